The van der Waals surface area contributed by atoms with E-state index in [1.54, 1.807) is 0 Å². The molecule has 2 rings (SSSR count). The third-order valence-corrected chi connectivity index (χ3v) is 3.23. The molecule has 0 radical (unpaired) electrons. The fourth-order valence-corrected chi connectivity index (χ4v) is 1.95. The molecule has 120 valence electrons. The molecule has 1 amide bonds. The Bertz CT molecular complexity index is 705. The zero-order valence-electron chi connectivity index (χ0n) is 12.1. The number of nitrogens with one attached hydrogen (secondary N) is 1. The van der Waals surface area contributed by atoms with Crippen molar-refractivity contribution >= 4 is 23.8 Å². The van der Waals surface area contributed by atoms with Gasteiger partial charge in [-0.2, -0.15) is 0 Å². The van der Waals surface area contributed by atoms with E-state index in [9.17, 15) is 13.6 Å². The first-order valence-electron chi connectivity index (χ1n) is 6.82. The normalized spacial score (nSPS) is 10.7. The first kappa shape index (κ1) is 17.0. The van der Waals surface area contributed by atoms with Crippen molar-refractivity contribution in [1.29, 1.82) is 0 Å². The molecular weight excluding hydrogens is 324 g/mol. The Hall–Kier alpha value is -2.40. The number of halogens is 3. The molecule has 0 aromatic heterocycles. The highest BCUT2D eigenvalue weighted by atomic mass is 35.5. The molecule has 0 aliphatic carbocycles. The summed E-state index contributed by atoms with van der Waals surface area (Å²) < 4.78 is 32.1. The molecule has 0 spiro atoms. The molecule has 0 aliphatic heterocycles. The highest BCUT2D eigenvalue weighted by Gasteiger charge is 2.09. The first-order valence-corrected chi connectivity index (χ1v) is 7.20. The number of carbonyl (C=O) groups is 1. The zero-order chi connectivity index (χ0) is 16.7. The molecule has 2 aromatic carbocycles. The van der Waals surface area contributed by atoms with Gasteiger partial charge in [0.05, 0.1) is 5.02 Å². The van der Waals surface area contributed by atoms with Gasteiger partial charge >= 0.3 is 6.09 Å². The van der Waals surface area contributed by atoms with Crippen LogP contribution in [0, 0.1) is 11.6 Å². The van der Waals surface area contributed by atoms with Gasteiger partial charge in [-0.1, -0.05) is 54.1 Å². The van der Waals surface area contributed by atoms with E-state index in [2.05, 4.69) is 5.32 Å². The van der Waals surface area contributed by atoms with Gasteiger partial charge in [0.2, 0.25) is 0 Å². The summed E-state index contributed by atoms with van der Waals surface area (Å²) in [5.74, 6) is -1.57. The van der Waals surface area contributed by atoms with Crippen molar-refractivity contribution in [3.8, 4) is 0 Å². The molecular formula is C17H14ClF2NO2. The smallest absolute Gasteiger partial charge is 0.407 e. The van der Waals surface area contributed by atoms with Crippen LogP contribution >= 0.6 is 11.6 Å². The number of hydrogen-bond donors (Lipinski definition) is 1. The molecule has 0 heterocycles. The van der Waals surface area contributed by atoms with Gasteiger partial charge in [-0.05, 0) is 17.7 Å². The van der Waals surface area contributed by atoms with Crippen LogP contribution in [0.15, 0.2) is 48.5 Å². The lowest BCUT2D eigenvalue weighted by Gasteiger charge is -2.05. The SMILES string of the molecule is O=C(NCC=Cc1c(F)ccc(Cl)c1F)OCc1ccccc1. The van der Waals surface area contributed by atoms with Crippen molar-refractivity contribution in [3.05, 3.63) is 76.3 Å². The molecule has 0 saturated heterocycles. The van der Waals surface area contributed by atoms with Crippen LogP contribution < -0.4 is 5.32 Å². The Kier molecular flexibility index (Phi) is 6.11. The van der Waals surface area contributed by atoms with E-state index in [4.69, 9.17) is 16.3 Å². The number of benzene rings is 2. The van der Waals surface area contributed by atoms with Crippen molar-refractivity contribution < 1.29 is 18.3 Å². The monoisotopic (exact) mass is 337 g/mol. The minimum Gasteiger partial charge on any atom is -0.445 e. The van der Waals surface area contributed by atoms with E-state index in [0.717, 1.165) is 17.7 Å². The van der Waals surface area contributed by atoms with Gasteiger partial charge < -0.3 is 10.1 Å². The molecule has 23 heavy (non-hydrogen) atoms. The average Bonchev–Trinajstić information content (AvgIpc) is 2.57. The Morgan fingerprint density at radius 2 is 1.91 bits per heavy atom. The van der Waals surface area contributed by atoms with Gasteiger partial charge in [0.25, 0.3) is 0 Å². The lowest BCUT2D eigenvalue weighted by molar-refractivity contribution is 0.141. The molecule has 0 unspecified atom stereocenters. The molecule has 3 nitrogen and oxygen atoms in total. The van der Waals surface area contributed by atoms with E-state index in [1.807, 2.05) is 30.3 Å². The van der Waals surface area contributed by atoms with E-state index < -0.39 is 17.7 Å². The molecule has 0 saturated carbocycles. The summed E-state index contributed by atoms with van der Waals surface area (Å²) in [6.07, 6.45) is 2.00. The Balaban J connectivity index is 1.80. The number of hydrogen-bond acceptors (Lipinski definition) is 2. The van der Waals surface area contributed by atoms with Crippen LogP contribution in [0.2, 0.25) is 5.02 Å². The summed E-state index contributed by atoms with van der Waals surface area (Å²) in [6.45, 7) is 0.215. The summed E-state index contributed by atoms with van der Waals surface area (Å²) >= 11 is 5.58. The van der Waals surface area contributed by atoms with E-state index in [1.165, 1.54) is 12.2 Å². The van der Waals surface area contributed by atoms with Gasteiger partial charge in [0.1, 0.15) is 12.4 Å². The van der Waals surface area contributed by atoms with Crippen LogP contribution in [-0.2, 0) is 11.3 Å². The molecule has 2 aromatic rings. The maximum absolute atomic E-state index is 13.6. The van der Waals surface area contributed by atoms with Crippen molar-refractivity contribution in [3.63, 3.8) is 0 Å². The number of carbonyl (C=O) groups excluding carboxylic acids is 1. The lowest BCUT2D eigenvalue weighted by atomic mass is 10.2. The maximum Gasteiger partial charge on any atom is 0.407 e. The summed E-state index contributed by atoms with van der Waals surface area (Å²) in [7, 11) is 0. The second-order valence-electron chi connectivity index (χ2n) is 4.60. The van der Waals surface area contributed by atoms with Crippen molar-refractivity contribution in [1.82, 2.24) is 5.32 Å². The van der Waals surface area contributed by atoms with Gasteiger partial charge in [-0.3, -0.25) is 0 Å². The van der Waals surface area contributed by atoms with Crippen molar-refractivity contribution in [2.45, 2.75) is 6.61 Å². The molecule has 1 N–H and O–H groups in total. The van der Waals surface area contributed by atoms with Gasteiger partial charge in [0, 0.05) is 12.1 Å². The largest absolute Gasteiger partial charge is 0.445 e. The van der Waals surface area contributed by atoms with Crippen LogP contribution in [0.1, 0.15) is 11.1 Å². The van der Waals surface area contributed by atoms with Crippen LogP contribution in [-0.4, -0.2) is 12.6 Å². The predicted molar refractivity (Wildman–Crippen MR) is 85.0 cm³/mol. The Morgan fingerprint density at radius 3 is 2.65 bits per heavy atom. The molecule has 0 aliphatic rings. The van der Waals surface area contributed by atoms with E-state index >= 15 is 0 Å². The minimum atomic E-state index is -0.838. The number of amides is 1. The lowest BCUT2D eigenvalue weighted by Crippen LogP contribution is -2.24. The predicted octanol–water partition coefficient (Wildman–Crippen LogP) is 4.56. The summed E-state index contributed by atoms with van der Waals surface area (Å²) in [5.41, 5.74) is 0.609. The van der Waals surface area contributed by atoms with Gasteiger partial charge in [-0.25, -0.2) is 13.6 Å². The van der Waals surface area contributed by atoms with Crippen molar-refractivity contribution in [2.75, 3.05) is 6.54 Å². The first-order chi connectivity index (χ1) is 11.1. The Morgan fingerprint density at radius 1 is 1.17 bits per heavy atom. The number of ether oxygens (including phenoxy) is 1. The van der Waals surface area contributed by atoms with E-state index in [-0.39, 0.29) is 23.7 Å². The molecule has 6 heteroatoms. The fourth-order valence-electron chi connectivity index (χ4n) is 1.79. The third kappa shape index (κ3) is 5.07. The second-order valence-corrected chi connectivity index (χ2v) is 5.01. The minimum absolute atomic E-state index is 0.0685. The number of alkyl carbamates (subject to hydrolysis) is 1. The van der Waals surface area contributed by atoms with Crippen LogP contribution in [0.4, 0.5) is 13.6 Å². The zero-order valence-corrected chi connectivity index (χ0v) is 12.8. The standard InChI is InChI=1S/C17H14ClF2NO2/c18-14-8-9-15(19)13(16(14)20)7-4-10-21-17(22)23-11-12-5-2-1-3-6-12/h1-9H,10-11H2,(H,21,22). The van der Waals surface area contributed by atoms with Crippen molar-refractivity contribution in [2.24, 2.45) is 0 Å². The second kappa shape index (κ2) is 8.29. The summed E-state index contributed by atoms with van der Waals surface area (Å²) in [4.78, 5) is 11.5. The average molecular weight is 338 g/mol. The quantitative estimate of drug-likeness (QED) is 0.812. The van der Waals surface area contributed by atoms with Gasteiger partial charge in [-0.15, -0.1) is 0 Å². The maximum atomic E-state index is 13.6. The highest BCUT2D eigenvalue weighted by Crippen LogP contribution is 2.21. The molecule has 0 fully saturated rings. The fraction of sp³-hybridized carbons (Fsp3) is 0.118. The topological polar surface area (TPSA) is 38.3 Å². The molecule has 0 atom stereocenters. The summed E-state index contributed by atoms with van der Waals surface area (Å²) in [6, 6.07) is 11.4. The van der Waals surface area contributed by atoms with Crippen LogP contribution in [0.25, 0.3) is 6.08 Å². The number of rotatable bonds is 5. The highest BCUT2D eigenvalue weighted by molar-refractivity contribution is 6.30. The van der Waals surface area contributed by atoms with Crippen LogP contribution in [0.3, 0.4) is 0 Å². The Labute approximate surface area is 137 Å². The van der Waals surface area contributed by atoms with Crippen LogP contribution in [0.5, 0.6) is 0 Å². The summed E-state index contributed by atoms with van der Waals surface area (Å²) in [5, 5.41) is 2.29. The molecule has 0 bridgehead atoms. The van der Waals surface area contributed by atoms with E-state index in [0.29, 0.717) is 0 Å². The van der Waals surface area contributed by atoms with Gasteiger partial charge in [0.15, 0.2) is 5.82 Å². The third-order valence-electron chi connectivity index (χ3n) is 2.94.